The number of rotatable bonds is 3. The fourth-order valence-electron chi connectivity index (χ4n) is 1.96. The second-order valence-electron chi connectivity index (χ2n) is 4.10. The third-order valence-electron chi connectivity index (χ3n) is 2.74. The molecule has 0 aliphatic rings. The summed E-state index contributed by atoms with van der Waals surface area (Å²) in [7, 11) is 0. The smallest absolute Gasteiger partial charge is 0.141 e. The molecule has 0 fully saturated rings. The molecule has 2 N–H and O–H groups in total. The Hall–Kier alpha value is -1.91. The average Bonchev–Trinajstić information content (AvgIpc) is 2.57. The van der Waals surface area contributed by atoms with Crippen LogP contribution < -0.4 is 5.73 Å². The molecule has 2 aromatic rings. The molecule has 2 heterocycles. The van der Waals surface area contributed by atoms with Crippen LogP contribution in [0.15, 0.2) is 12.4 Å². The maximum Gasteiger partial charge on any atom is 0.141 e. The first-order chi connectivity index (χ1) is 8.13. The molecule has 0 unspecified atom stereocenters. The fraction of sp³-hybridized carbons (Fsp3) is 0.417. The molecule has 0 amide bonds. The number of aromatic nitrogens is 4. The lowest BCUT2D eigenvalue weighted by molar-refractivity contribution is 0.583. The fourth-order valence-corrected chi connectivity index (χ4v) is 1.96. The SMILES string of the molecule is CCCn1nc(C)c(-c2cnc(N)cn2)c1C. The van der Waals surface area contributed by atoms with Crippen molar-refractivity contribution in [3.8, 4) is 11.3 Å². The number of aryl methyl sites for hydroxylation is 2. The molecule has 0 radical (unpaired) electrons. The van der Waals surface area contributed by atoms with Crippen molar-refractivity contribution in [2.45, 2.75) is 33.7 Å². The van der Waals surface area contributed by atoms with Crippen LogP contribution in [0, 0.1) is 13.8 Å². The average molecular weight is 231 g/mol. The predicted molar refractivity (Wildman–Crippen MR) is 67.4 cm³/mol. The number of nitrogen functional groups attached to an aromatic ring is 1. The van der Waals surface area contributed by atoms with Gasteiger partial charge in [0.15, 0.2) is 0 Å². The van der Waals surface area contributed by atoms with Crippen LogP contribution in [-0.2, 0) is 6.54 Å². The molecule has 5 heteroatoms. The lowest BCUT2D eigenvalue weighted by atomic mass is 10.1. The van der Waals surface area contributed by atoms with Gasteiger partial charge in [-0.3, -0.25) is 9.67 Å². The van der Waals surface area contributed by atoms with Crippen LogP contribution in [0.3, 0.4) is 0 Å². The monoisotopic (exact) mass is 231 g/mol. The van der Waals surface area contributed by atoms with Crippen LogP contribution in [0.25, 0.3) is 11.3 Å². The Balaban J connectivity index is 2.48. The summed E-state index contributed by atoms with van der Waals surface area (Å²) in [5.74, 6) is 0.435. The van der Waals surface area contributed by atoms with Gasteiger partial charge < -0.3 is 5.73 Å². The molecule has 0 atom stereocenters. The Morgan fingerprint density at radius 3 is 2.59 bits per heavy atom. The van der Waals surface area contributed by atoms with Crippen LogP contribution in [0.2, 0.25) is 0 Å². The molecule has 0 aliphatic carbocycles. The molecule has 0 saturated heterocycles. The Labute approximate surface area is 101 Å². The van der Waals surface area contributed by atoms with E-state index in [0.29, 0.717) is 5.82 Å². The lowest BCUT2D eigenvalue weighted by Crippen LogP contribution is -2.01. The molecular weight excluding hydrogens is 214 g/mol. The molecule has 0 bridgehead atoms. The minimum atomic E-state index is 0.435. The van der Waals surface area contributed by atoms with E-state index in [-0.39, 0.29) is 0 Å². The summed E-state index contributed by atoms with van der Waals surface area (Å²) < 4.78 is 2.02. The van der Waals surface area contributed by atoms with Gasteiger partial charge in [0, 0.05) is 17.8 Å². The first kappa shape index (κ1) is 11.6. The van der Waals surface area contributed by atoms with Crippen LogP contribution in [0.4, 0.5) is 5.82 Å². The number of anilines is 1. The van der Waals surface area contributed by atoms with Crippen molar-refractivity contribution in [3.05, 3.63) is 23.8 Å². The third-order valence-corrected chi connectivity index (χ3v) is 2.74. The molecule has 2 aromatic heterocycles. The van der Waals surface area contributed by atoms with Gasteiger partial charge in [-0.15, -0.1) is 0 Å². The van der Waals surface area contributed by atoms with E-state index in [1.165, 1.54) is 0 Å². The quantitative estimate of drug-likeness (QED) is 0.876. The number of nitrogens with zero attached hydrogens (tertiary/aromatic N) is 4. The van der Waals surface area contributed by atoms with Crippen molar-refractivity contribution in [1.29, 1.82) is 0 Å². The lowest BCUT2D eigenvalue weighted by Gasteiger charge is -2.03. The standard InChI is InChI=1S/C12H17N5/c1-4-5-17-9(3)12(8(2)16-17)10-6-15-11(13)7-14-10/h6-7H,4-5H2,1-3H3,(H2,13,15). The normalized spacial score (nSPS) is 10.8. The van der Waals surface area contributed by atoms with Crippen LogP contribution in [0.1, 0.15) is 24.7 Å². The summed E-state index contributed by atoms with van der Waals surface area (Å²) >= 11 is 0. The van der Waals surface area contributed by atoms with E-state index < -0.39 is 0 Å². The summed E-state index contributed by atoms with van der Waals surface area (Å²) in [6, 6.07) is 0. The highest BCUT2D eigenvalue weighted by molar-refractivity contribution is 5.64. The van der Waals surface area contributed by atoms with E-state index in [9.17, 15) is 0 Å². The van der Waals surface area contributed by atoms with Gasteiger partial charge in [0.25, 0.3) is 0 Å². The van der Waals surface area contributed by atoms with E-state index in [1.807, 2.05) is 11.6 Å². The van der Waals surface area contributed by atoms with Gasteiger partial charge in [0.2, 0.25) is 0 Å². The largest absolute Gasteiger partial charge is 0.382 e. The van der Waals surface area contributed by atoms with Gasteiger partial charge in [0.1, 0.15) is 5.82 Å². The molecule has 5 nitrogen and oxygen atoms in total. The number of hydrogen-bond donors (Lipinski definition) is 1. The highest BCUT2D eigenvalue weighted by Crippen LogP contribution is 2.24. The maximum atomic E-state index is 5.54. The number of nitrogens with two attached hydrogens (primary N) is 1. The van der Waals surface area contributed by atoms with Crippen LogP contribution >= 0.6 is 0 Å². The molecule has 0 aromatic carbocycles. The summed E-state index contributed by atoms with van der Waals surface area (Å²) in [4.78, 5) is 8.37. The van der Waals surface area contributed by atoms with Crippen LogP contribution in [0.5, 0.6) is 0 Å². The Morgan fingerprint density at radius 1 is 1.24 bits per heavy atom. The molecule has 17 heavy (non-hydrogen) atoms. The van der Waals surface area contributed by atoms with Gasteiger partial charge in [-0.2, -0.15) is 5.10 Å². The second kappa shape index (κ2) is 4.53. The van der Waals surface area contributed by atoms with E-state index in [2.05, 4.69) is 28.9 Å². The summed E-state index contributed by atoms with van der Waals surface area (Å²) in [5.41, 5.74) is 9.54. The van der Waals surface area contributed by atoms with Crippen molar-refractivity contribution in [3.63, 3.8) is 0 Å². The van der Waals surface area contributed by atoms with Crippen molar-refractivity contribution < 1.29 is 0 Å². The van der Waals surface area contributed by atoms with Gasteiger partial charge >= 0.3 is 0 Å². The van der Waals surface area contributed by atoms with Gasteiger partial charge in [-0.25, -0.2) is 4.98 Å². The first-order valence-electron chi connectivity index (χ1n) is 5.75. The van der Waals surface area contributed by atoms with Gasteiger partial charge in [-0.05, 0) is 20.3 Å². The topological polar surface area (TPSA) is 69.6 Å². The van der Waals surface area contributed by atoms with E-state index >= 15 is 0 Å². The third kappa shape index (κ3) is 2.13. The van der Waals surface area contributed by atoms with Crippen molar-refractivity contribution in [2.24, 2.45) is 0 Å². The van der Waals surface area contributed by atoms with E-state index in [0.717, 1.165) is 35.6 Å². The molecule has 0 aliphatic heterocycles. The zero-order valence-electron chi connectivity index (χ0n) is 10.4. The Kier molecular flexibility index (Phi) is 3.08. The minimum Gasteiger partial charge on any atom is -0.382 e. The molecule has 0 spiro atoms. The molecule has 2 rings (SSSR count). The summed E-state index contributed by atoms with van der Waals surface area (Å²) in [6.45, 7) is 7.11. The molecular formula is C12H17N5. The van der Waals surface area contributed by atoms with E-state index in [4.69, 9.17) is 5.73 Å². The zero-order valence-corrected chi connectivity index (χ0v) is 10.4. The van der Waals surface area contributed by atoms with Gasteiger partial charge in [-0.1, -0.05) is 6.92 Å². The van der Waals surface area contributed by atoms with Crippen molar-refractivity contribution >= 4 is 5.82 Å². The highest BCUT2D eigenvalue weighted by atomic mass is 15.3. The first-order valence-corrected chi connectivity index (χ1v) is 5.75. The van der Waals surface area contributed by atoms with Crippen LogP contribution in [-0.4, -0.2) is 19.7 Å². The summed E-state index contributed by atoms with van der Waals surface area (Å²) in [6.07, 6.45) is 4.34. The second-order valence-corrected chi connectivity index (χ2v) is 4.10. The number of hydrogen-bond acceptors (Lipinski definition) is 4. The zero-order chi connectivity index (χ0) is 12.4. The predicted octanol–water partition coefficient (Wildman–Crippen LogP) is 1.95. The molecule has 90 valence electrons. The maximum absolute atomic E-state index is 5.54. The minimum absolute atomic E-state index is 0.435. The van der Waals surface area contributed by atoms with Crippen molar-refractivity contribution in [2.75, 3.05) is 5.73 Å². The van der Waals surface area contributed by atoms with Gasteiger partial charge in [0.05, 0.1) is 23.8 Å². The molecule has 0 saturated carbocycles. The van der Waals surface area contributed by atoms with Crippen molar-refractivity contribution in [1.82, 2.24) is 19.7 Å². The highest BCUT2D eigenvalue weighted by Gasteiger charge is 2.14. The Bertz CT molecular complexity index is 512. The van der Waals surface area contributed by atoms with E-state index in [1.54, 1.807) is 12.4 Å². The Morgan fingerprint density at radius 2 is 2.00 bits per heavy atom. The summed E-state index contributed by atoms with van der Waals surface area (Å²) in [5, 5.41) is 4.52.